The largest absolute Gasteiger partial charge is 0.294 e. The molecule has 0 N–H and O–H groups in total. The number of benzene rings is 1. The summed E-state index contributed by atoms with van der Waals surface area (Å²) in [6.45, 7) is 5.09. The normalized spacial score (nSPS) is 9.00. The quantitative estimate of drug-likeness (QED) is 0.657. The smallest absolute Gasteiger partial charge is 0.165 e. The van der Waals surface area contributed by atoms with Crippen LogP contribution in [0.5, 0.6) is 0 Å². The topological polar surface area (TPSA) is 17.1 Å². The van der Waals surface area contributed by atoms with Crippen LogP contribution in [0.25, 0.3) is 0 Å². The minimum Gasteiger partial charge on any atom is -0.294 e. The summed E-state index contributed by atoms with van der Waals surface area (Å²) >= 11 is 5.34. The van der Waals surface area contributed by atoms with Gasteiger partial charge in [0.25, 0.3) is 0 Å². The third-order valence-corrected chi connectivity index (χ3v) is 1.58. The van der Waals surface area contributed by atoms with Crippen LogP contribution in [0.1, 0.15) is 31.1 Å². The number of hydrogen-bond acceptors (Lipinski definition) is 1. The predicted molar refractivity (Wildman–Crippen MR) is 52.7 cm³/mol. The van der Waals surface area contributed by atoms with Crippen molar-refractivity contribution in [1.29, 1.82) is 0 Å². The van der Waals surface area contributed by atoms with E-state index in [4.69, 9.17) is 11.6 Å². The lowest BCUT2D eigenvalue weighted by Gasteiger charge is -2.00. The average molecular weight is 221 g/mol. The molecule has 0 fully saturated rings. The first-order valence-corrected chi connectivity index (χ1v) is 4.55. The highest BCUT2D eigenvalue weighted by Crippen LogP contribution is 2.18. The van der Waals surface area contributed by atoms with Crippen LogP contribution in [0.15, 0.2) is 12.1 Å². The molecule has 0 atom stereocenters. The van der Waals surface area contributed by atoms with Gasteiger partial charge in [-0.3, -0.25) is 4.79 Å². The Morgan fingerprint density at radius 1 is 1.21 bits per heavy atom. The number of halogens is 3. The van der Waals surface area contributed by atoms with Crippen LogP contribution >= 0.6 is 11.6 Å². The van der Waals surface area contributed by atoms with Gasteiger partial charge in [-0.25, -0.2) is 8.78 Å². The summed E-state index contributed by atoms with van der Waals surface area (Å²) in [5.74, 6) is -2.50. The maximum absolute atomic E-state index is 12.8. The first-order chi connectivity index (χ1) is 6.52. The first-order valence-electron chi connectivity index (χ1n) is 4.18. The van der Waals surface area contributed by atoms with Crippen LogP contribution in [0.3, 0.4) is 0 Å². The molecular formula is C10H11ClF2O. The molecule has 0 heterocycles. The molecule has 1 aromatic rings. The van der Waals surface area contributed by atoms with Crippen LogP contribution in [-0.2, 0) is 0 Å². The van der Waals surface area contributed by atoms with Gasteiger partial charge in [-0.05, 0) is 19.1 Å². The molecule has 78 valence electrons. The minimum atomic E-state index is -0.924. The zero-order valence-corrected chi connectivity index (χ0v) is 8.95. The van der Waals surface area contributed by atoms with E-state index in [1.807, 2.05) is 13.8 Å². The molecule has 0 bridgehead atoms. The van der Waals surface area contributed by atoms with Gasteiger partial charge in [-0.2, -0.15) is 0 Å². The Hall–Kier alpha value is -0.960. The zero-order chi connectivity index (χ0) is 11.3. The second kappa shape index (κ2) is 5.70. The van der Waals surface area contributed by atoms with Crippen molar-refractivity contribution in [1.82, 2.24) is 0 Å². The van der Waals surface area contributed by atoms with E-state index < -0.39 is 23.0 Å². The summed E-state index contributed by atoms with van der Waals surface area (Å²) in [6.07, 6.45) is 0. The summed E-state index contributed by atoms with van der Waals surface area (Å²) < 4.78 is 25.6. The SMILES string of the molecule is CC.CC(=O)c1c(F)cc(Cl)cc1F. The van der Waals surface area contributed by atoms with E-state index in [0.717, 1.165) is 19.1 Å². The van der Waals surface area contributed by atoms with E-state index in [-0.39, 0.29) is 5.02 Å². The summed E-state index contributed by atoms with van der Waals surface area (Å²) in [6, 6.07) is 1.81. The molecule has 0 aromatic heterocycles. The van der Waals surface area contributed by atoms with Crippen molar-refractivity contribution >= 4 is 17.4 Å². The van der Waals surface area contributed by atoms with Gasteiger partial charge >= 0.3 is 0 Å². The number of Topliss-reactive ketones (excluding diaryl/α,β-unsaturated/α-hetero) is 1. The monoisotopic (exact) mass is 220 g/mol. The predicted octanol–water partition coefficient (Wildman–Crippen LogP) is 3.85. The third kappa shape index (κ3) is 3.07. The van der Waals surface area contributed by atoms with Gasteiger partial charge in [0.15, 0.2) is 5.78 Å². The van der Waals surface area contributed by atoms with E-state index in [1.165, 1.54) is 0 Å². The van der Waals surface area contributed by atoms with Crippen LogP contribution in [0.2, 0.25) is 5.02 Å². The van der Waals surface area contributed by atoms with Crippen molar-refractivity contribution in [3.8, 4) is 0 Å². The Morgan fingerprint density at radius 3 is 1.86 bits per heavy atom. The van der Waals surface area contributed by atoms with Crippen LogP contribution < -0.4 is 0 Å². The molecule has 1 aromatic carbocycles. The maximum Gasteiger partial charge on any atom is 0.165 e. The lowest BCUT2D eigenvalue weighted by Crippen LogP contribution is -2.01. The summed E-state index contributed by atoms with van der Waals surface area (Å²) in [5, 5.41) is -0.0602. The molecule has 14 heavy (non-hydrogen) atoms. The van der Waals surface area contributed by atoms with Crippen molar-refractivity contribution in [3.05, 3.63) is 34.4 Å². The molecule has 0 spiro atoms. The van der Waals surface area contributed by atoms with Crippen LogP contribution in [-0.4, -0.2) is 5.78 Å². The van der Waals surface area contributed by atoms with Gasteiger partial charge in [-0.1, -0.05) is 25.4 Å². The van der Waals surface area contributed by atoms with Gasteiger partial charge in [0, 0.05) is 5.02 Å². The van der Waals surface area contributed by atoms with Gasteiger partial charge < -0.3 is 0 Å². The number of carbonyl (C=O) groups is 1. The molecule has 0 amide bonds. The molecule has 4 heteroatoms. The zero-order valence-electron chi connectivity index (χ0n) is 8.20. The Labute approximate surface area is 86.7 Å². The van der Waals surface area contributed by atoms with Crippen LogP contribution in [0.4, 0.5) is 8.78 Å². The van der Waals surface area contributed by atoms with Gasteiger partial charge in [-0.15, -0.1) is 0 Å². The fraction of sp³-hybridized carbons (Fsp3) is 0.300. The molecule has 0 unspecified atom stereocenters. The van der Waals surface area contributed by atoms with Crippen molar-refractivity contribution in [2.75, 3.05) is 0 Å². The molecule has 0 aliphatic heterocycles. The summed E-state index contributed by atoms with van der Waals surface area (Å²) in [5.41, 5.74) is -0.542. The van der Waals surface area contributed by atoms with Crippen molar-refractivity contribution in [2.24, 2.45) is 0 Å². The lowest BCUT2D eigenvalue weighted by molar-refractivity contribution is 0.101. The highest BCUT2D eigenvalue weighted by molar-refractivity contribution is 6.30. The van der Waals surface area contributed by atoms with E-state index in [0.29, 0.717) is 0 Å². The summed E-state index contributed by atoms with van der Waals surface area (Å²) in [7, 11) is 0. The van der Waals surface area contributed by atoms with Crippen molar-refractivity contribution < 1.29 is 13.6 Å². The van der Waals surface area contributed by atoms with Crippen LogP contribution in [0, 0.1) is 11.6 Å². The van der Waals surface area contributed by atoms with E-state index in [9.17, 15) is 13.6 Å². The number of ketones is 1. The Balaban J connectivity index is 0.000000791. The molecule has 0 radical (unpaired) electrons. The van der Waals surface area contributed by atoms with Gasteiger partial charge in [0.05, 0.1) is 5.56 Å². The van der Waals surface area contributed by atoms with Gasteiger partial charge in [0.1, 0.15) is 11.6 Å². The minimum absolute atomic E-state index is 0.0602. The van der Waals surface area contributed by atoms with E-state index in [1.54, 1.807) is 0 Å². The highest BCUT2D eigenvalue weighted by Gasteiger charge is 2.13. The van der Waals surface area contributed by atoms with E-state index >= 15 is 0 Å². The summed E-state index contributed by atoms with van der Waals surface area (Å²) in [4.78, 5) is 10.7. The second-order valence-corrected chi connectivity index (χ2v) is 2.74. The molecule has 0 saturated heterocycles. The Bertz CT molecular complexity index is 314. The molecule has 0 aliphatic carbocycles. The maximum atomic E-state index is 12.8. The standard InChI is InChI=1S/C8H5ClF2O.C2H6/c1-4(12)8-6(10)2-5(9)3-7(8)11;1-2/h2-3H,1H3;1-2H3. The number of hydrogen-bond donors (Lipinski definition) is 0. The average Bonchev–Trinajstić information content (AvgIpc) is 2.04. The lowest BCUT2D eigenvalue weighted by atomic mass is 10.1. The molecular weight excluding hydrogens is 210 g/mol. The highest BCUT2D eigenvalue weighted by atomic mass is 35.5. The molecule has 0 saturated carbocycles. The van der Waals surface area contributed by atoms with Crippen molar-refractivity contribution in [2.45, 2.75) is 20.8 Å². The fourth-order valence-corrected chi connectivity index (χ4v) is 1.07. The molecule has 1 rings (SSSR count). The third-order valence-electron chi connectivity index (χ3n) is 1.36. The molecule has 0 aliphatic rings. The first kappa shape index (κ1) is 13.0. The number of rotatable bonds is 1. The van der Waals surface area contributed by atoms with Gasteiger partial charge in [0.2, 0.25) is 0 Å². The Kier molecular flexibility index (Phi) is 5.31. The fourth-order valence-electron chi connectivity index (χ4n) is 0.879. The second-order valence-electron chi connectivity index (χ2n) is 2.30. The molecule has 1 nitrogen and oxygen atoms in total. The Morgan fingerprint density at radius 2 is 1.57 bits per heavy atom. The van der Waals surface area contributed by atoms with E-state index in [2.05, 4.69) is 0 Å². The van der Waals surface area contributed by atoms with Crippen molar-refractivity contribution in [3.63, 3.8) is 0 Å². The number of carbonyl (C=O) groups excluding carboxylic acids is 1.